The maximum Gasteiger partial charge on any atom is 0.0640 e. The quantitative estimate of drug-likeness (QED) is 0.494. The van der Waals surface area contributed by atoms with Crippen LogP contribution in [0.25, 0.3) is 0 Å². The van der Waals surface area contributed by atoms with Crippen molar-refractivity contribution in [3.8, 4) is 0 Å². The number of hydrogen-bond donors (Lipinski definition) is 2. The Morgan fingerprint density at radius 2 is 1.64 bits per heavy atom. The average Bonchev–Trinajstić information content (AvgIpc) is 2.99. The van der Waals surface area contributed by atoms with Gasteiger partial charge in [0.1, 0.15) is 0 Å². The standard InChI is InChI=1S/C24H25ClN2S/c25-23-11-8-20-12-14-26-15-13-22(20)24(23)27-16-18-6-9-21(10-7-18)28-17-19-4-2-1-3-5-19/h1-11,26-27H,12-17H2. The zero-order valence-corrected chi connectivity index (χ0v) is 17.5. The van der Waals surface area contributed by atoms with Crippen LogP contribution in [-0.2, 0) is 25.1 Å². The minimum atomic E-state index is 0.785. The number of rotatable bonds is 6. The fourth-order valence-corrected chi connectivity index (χ4v) is 4.67. The number of halogens is 1. The Morgan fingerprint density at radius 1 is 0.857 bits per heavy atom. The Kier molecular flexibility index (Phi) is 6.58. The fraction of sp³-hybridized carbons (Fsp3) is 0.250. The summed E-state index contributed by atoms with van der Waals surface area (Å²) in [6.07, 6.45) is 2.09. The largest absolute Gasteiger partial charge is 0.380 e. The van der Waals surface area contributed by atoms with Crippen LogP contribution in [-0.4, -0.2) is 13.1 Å². The minimum absolute atomic E-state index is 0.785. The van der Waals surface area contributed by atoms with Crippen LogP contribution in [0.5, 0.6) is 0 Å². The maximum absolute atomic E-state index is 6.52. The molecule has 144 valence electrons. The van der Waals surface area contributed by atoms with Crippen LogP contribution in [0.2, 0.25) is 5.02 Å². The molecule has 0 radical (unpaired) electrons. The second kappa shape index (κ2) is 9.51. The zero-order chi connectivity index (χ0) is 19.2. The topological polar surface area (TPSA) is 24.1 Å². The molecule has 2 N–H and O–H groups in total. The van der Waals surface area contributed by atoms with E-state index in [1.165, 1.54) is 27.1 Å². The zero-order valence-electron chi connectivity index (χ0n) is 15.9. The third-order valence-corrected chi connectivity index (χ3v) is 6.52. The fourth-order valence-electron chi connectivity index (χ4n) is 3.57. The molecule has 3 aromatic rings. The van der Waals surface area contributed by atoms with Crippen molar-refractivity contribution in [1.29, 1.82) is 0 Å². The molecule has 0 bridgehead atoms. The van der Waals surface area contributed by atoms with Crippen LogP contribution in [0, 0.1) is 0 Å². The third-order valence-electron chi connectivity index (χ3n) is 5.12. The minimum Gasteiger partial charge on any atom is -0.380 e. The van der Waals surface area contributed by atoms with Gasteiger partial charge in [-0.15, -0.1) is 11.8 Å². The van der Waals surface area contributed by atoms with Crippen molar-refractivity contribution in [1.82, 2.24) is 5.32 Å². The molecular weight excluding hydrogens is 384 g/mol. The first-order valence-corrected chi connectivity index (χ1v) is 11.2. The lowest BCUT2D eigenvalue weighted by Gasteiger charge is -2.16. The van der Waals surface area contributed by atoms with Crippen molar-refractivity contribution >= 4 is 29.1 Å². The van der Waals surface area contributed by atoms with E-state index in [-0.39, 0.29) is 0 Å². The number of hydrogen-bond acceptors (Lipinski definition) is 3. The Labute approximate surface area is 176 Å². The molecule has 0 amide bonds. The molecule has 0 unspecified atom stereocenters. The predicted molar refractivity (Wildman–Crippen MR) is 122 cm³/mol. The molecule has 0 fully saturated rings. The van der Waals surface area contributed by atoms with Gasteiger partial charge < -0.3 is 10.6 Å². The summed E-state index contributed by atoms with van der Waals surface area (Å²) in [5.41, 5.74) is 6.50. The molecule has 28 heavy (non-hydrogen) atoms. The molecular formula is C24H25ClN2S. The summed E-state index contributed by atoms with van der Waals surface area (Å²) in [7, 11) is 0. The van der Waals surface area contributed by atoms with Crippen LogP contribution >= 0.6 is 23.4 Å². The molecule has 2 nitrogen and oxygen atoms in total. The number of anilines is 1. The molecule has 0 aliphatic carbocycles. The normalized spacial score (nSPS) is 13.6. The first-order chi connectivity index (χ1) is 13.8. The van der Waals surface area contributed by atoms with Crippen molar-refractivity contribution in [3.05, 3.63) is 94.0 Å². The summed E-state index contributed by atoms with van der Waals surface area (Å²) in [4.78, 5) is 1.30. The monoisotopic (exact) mass is 408 g/mol. The van der Waals surface area contributed by atoms with Crippen molar-refractivity contribution in [2.75, 3.05) is 18.4 Å². The first kappa shape index (κ1) is 19.4. The number of benzene rings is 3. The predicted octanol–water partition coefficient (Wildman–Crippen LogP) is 5.93. The van der Waals surface area contributed by atoms with Crippen LogP contribution in [0.15, 0.2) is 71.6 Å². The highest BCUT2D eigenvalue weighted by Gasteiger charge is 2.14. The molecule has 0 saturated carbocycles. The molecule has 0 saturated heterocycles. The van der Waals surface area contributed by atoms with Gasteiger partial charge in [-0.2, -0.15) is 0 Å². The summed E-state index contributed by atoms with van der Waals surface area (Å²) < 4.78 is 0. The maximum atomic E-state index is 6.52. The van der Waals surface area contributed by atoms with Crippen LogP contribution in [0.1, 0.15) is 22.3 Å². The van der Waals surface area contributed by atoms with Crippen molar-refractivity contribution < 1.29 is 0 Å². The van der Waals surface area contributed by atoms with Gasteiger partial charge in [0.05, 0.1) is 10.7 Å². The summed E-state index contributed by atoms with van der Waals surface area (Å²) in [5.74, 6) is 0.998. The van der Waals surface area contributed by atoms with Gasteiger partial charge in [-0.05, 0) is 66.4 Å². The van der Waals surface area contributed by atoms with Gasteiger partial charge in [0.25, 0.3) is 0 Å². The van der Waals surface area contributed by atoms with Crippen molar-refractivity contribution in [2.45, 2.75) is 30.0 Å². The van der Waals surface area contributed by atoms with E-state index in [9.17, 15) is 0 Å². The Hall–Kier alpha value is -1.94. The number of fused-ring (bicyclic) bond motifs is 1. The van der Waals surface area contributed by atoms with Gasteiger partial charge >= 0.3 is 0 Å². The third kappa shape index (κ3) is 4.91. The molecule has 1 aliphatic rings. The molecule has 0 aromatic heterocycles. The van der Waals surface area contributed by atoms with Gasteiger partial charge in [-0.25, -0.2) is 0 Å². The Bertz CT molecular complexity index is 910. The number of nitrogens with one attached hydrogen (secondary N) is 2. The second-order valence-corrected chi connectivity index (χ2v) is 8.54. The second-order valence-electron chi connectivity index (χ2n) is 7.08. The van der Waals surface area contributed by atoms with Gasteiger partial charge in [0.2, 0.25) is 0 Å². The molecule has 1 aliphatic heterocycles. The first-order valence-electron chi connectivity index (χ1n) is 9.80. The summed E-state index contributed by atoms with van der Waals surface area (Å²) >= 11 is 8.39. The van der Waals surface area contributed by atoms with Gasteiger partial charge in [-0.3, -0.25) is 0 Å². The summed E-state index contributed by atoms with van der Waals surface area (Å²) in [5, 5.41) is 7.88. The van der Waals surface area contributed by atoms with E-state index in [0.29, 0.717) is 0 Å². The van der Waals surface area contributed by atoms with E-state index < -0.39 is 0 Å². The molecule has 0 spiro atoms. The molecule has 1 heterocycles. The Balaban J connectivity index is 1.39. The van der Waals surface area contributed by atoms with Crippen molar-refractivity contribution in [3.63, 3.8) is 0 Å². The summed E-state index contributed by atoms with van der Waals surface area (Å²) in [6.45, 7) is 2.83. The van der Waals surface area contributed by atoms with Gasteiger partial charge in [-0.1, -0.05) is 60.1 Å². The van der Waals surface area contributed by atoms with E-state index in [4.69, 9.17) is 11.6 Å². The van der Waals surface area contributed by atoms with E-state index in [1.54, 1.807) is 0 Å². The van der Waals surface area contributed by atoms with Gasteiger partial charge in [0.15, 0.2) is 0 Å². The Morgan fingerprint density at radius 3 is 2.46 bits per heavy atom. The van der Waals surface area contributed by atoms with E-state index in [1.807, 2.05) is 17.8 Å². The highest BCUT2D eigenvalue weighted by Crippen LogP contribution is 2.31. The summed E-state index contributed by atoms with van der Waals surface area (Å²) in [6, 6.07) is 23.6. The highest BCUT2D eigenvalue weighted by molar-refractivity contribution is 7.98. The van der Waals surface area contributed by atoms with Crippen molar-refractivity contribution in [2.24, 2.45) is 0 Å². The van der Waals surface area contributed by atoms with Gasteiger partial charge in [0, 0.05) is 17.2 Å². The lowest BCUT2D eigenvalue weighted by Crippen LogP contribution is -2.16. The van der Waals surface area contributed by atoms with E-state index in [2.05, 4.69) is 71.3 Å². The van der Waals surface area contributed by atoms with Crippen LogP contribution in [0.3, 0.4) is 0 Å². The lowest BCUT2D eigenvalue weighted by molar-refractivity contribution is 0.711. The molecule has 3 aromatic carbocycles. The molecule has 0 atom stereocenters. The lowest BCUT2D eigenvalue weighted by atomic mass is 10.0. The molecule has 4 rings (SSSR count). The molecule has 4 heteroatoms. The highest BCUT2D eigenvalue weighted by atomic mass is 35.5. The average molecular weight is 409 g/mol. The van der Waals surface area contributed by atoms with Crippen LogP contribution in [0.4, 0.5) is 5.69 Å². The van der Waals surface area contributed by atoms with Crippen LogP contribution < -0.4 is 10.6 Å². The number of thioether (sulfide) groups is 1. The smallest absolute Gasteiger partial charge is 0.0640 e. The van der Waals surface area contributed by atoms with E-state index >= 15 is 0 Å². The van der Waals surface area contributed by atoms with E-state index in [0.717, 1.165) is 48.9 Å². The SMILES string of the molecule is Clc1ccc2c(c1NCc1ccc(SCc3ccccc3)cc1)CCNCC2.